The van der Waals surface area contributed by atoms with Crippen molar-refractivity contribution >= 4 is 17.1 Å². The third-order valence-electron chi connectivity index (χ3n) is 5.92. The molecule has 2 saturated carbocycles. The number of hydrogen-bond acceptors (Lipinski definition) is 5. The van der Waals surface area contributed by atoms with Crippen molar-refractivity contribution in [2.24, 2.45) is 5.92 Å². The smallest absolute Gasteiger partial charge is 0.164 e. The lowest BCUT2D eigenvalue weighted by Crippen LogP contribution is -2.16. The van der Waals surface area contributed by atoms with Crippen molar-refractivity contribution in [3.63, 3.8) is 0 Å². The predicted octanol–water partition coefficient (Wildman–Crippen LogP) is 4.68. The summed E-state index contributed by atoms with van der Waals surface area (Å²) in [6.07, 6.45) is 11.5. The summed E-state index contributed by atoms with van der Waals surface area (Å²) in [5, 5.41) is 21.9. The number of hydrogen-bond donors (Lipinski definition) is 0. The first kappa shape index (κ1) is 17.4. The van der Waals surface area contributed by atoms with Gasteiger partial charge in [-0.25, -0.2) is 4.68 Å². The second-order valence-electron chi connectivity index (χ2n) is 7.81. The van der Waals surface area contributed by atoms with Crippen molar-refractivity contribution in [3.8, 4) is 6.07 Å². The predicted molar refractivity (Wildman–Crippen MR) is 100 cm³/mol. The van der Waals surface area contributed by atoms with E-state index in [2.05, 4.69) is 16.4 Å². The van der Waals surface area contributed by atoms with E-state index in [1.165, 1.54) is 32.1 Å². The lowest BCUT2D eigenvalue weighted by atomic mass is 9.80. The molecule has 0 bridgehead atoms. The summed E-state index contributed by atoms with van der Waals surface area (Å²) < 4.78 is 1.73. The van der Waals surface area contributed by atoms with Gasteiger partial charge in [0, 0.05) is 23.3 Å². The van der Waals surface area contributed by atoms with Gasteiger partial charge in [0.2, 0.25) is 0 Å². The summed E-state index contributed by atoms with van der Waals surface area (Å²) in [6, 6.07) is 4.26. The first-order valence-corrected chi connectivity index (χ1v) is 10.5. The Morgan fingerprint density at radius 3 is 2.85 bits per heavy atom. The van der Waals surface area contributed by atoms with Gasteiger partial charge in [-0.05, 0) is 36.6 Å². The van der Waals surface area contributed by atoms with E-state index in [9.17, 15) is 10.1 Å². The first-order valence-electron chi connectivity index (χ1n) is 9.59. The van der Waals surface area contributed by atoms with Gasteiger partial charge in [-0.3, -0.25) is 4.79 Å². The SMILES string of the molecule is N#CC1(n2cc([C@@H](CC(=O)c3ccsc3)CC3CCCCC3)nn2)CC1. The zero-order valence-electron chi connectivity index (χ0n) is 14.9. The van der Waals surface area contributed by atoms with Gasteiger partial charge >= 0.3 is 0 Å². The fourth-order valence-electron chi connectivity index (χ4n) is 4.08. The van der Waals surface area contributed by atoms with Crippen LogP contribution in [0.4, 0.5) is 0 Å². The quantitative estimate of drug-likeness (QED) is 0.665. The standard InChI is InChI=1S/C20H24N4OS/c21-14-20(7-8-20)24-12-18(22-23-24)17(10-15-4-2-1-3-5-15)11-19(25)16-6-9-26-13-16/h6,9,12-13,15,17H,1-5,7-8,10-11H2/t17-/m1/s1. The molecule has 0 aliphatic heterocycles. The molecule has 0 amide bonds. The minimum absolute atomic E-state index is 0.0914. The molecule has 6 heteroatoms. The Morgan fingerprint density at radius 1 is 1.38 bits per heavy atom. The highest BCUT2D eigenvalue weighted by atomic mass is 32.1. The number of nitrogens with zero attached hydrogens (tertiary/aromatic N) is 4. The maximum atomic E-state index is 12.7. The molecule has 2 heterocycles. The molecule has 2 aliphatic rings. The second-order valence-corrected chi connectivity index (χ2v) is 8.59. The van der Waals surface area contributed by atoms with E-state index >= 15 is 0 Å². The zero-order chi connectivity index (χ0) is 18.0. The molecule has 0 N–H and O–H groups in total. The van der Waals surface area contributed by atoms with E-state index < -0.39 is 5.54 Å². The number of nitriles is 1. The minimum atomic E-state index is -0.488. The third kappa shape index (κ3) is 3.59. The van der Waals surface area contributed by atoms with Crippen LogP contribution in [0, 0.1) is 17.2 Å². The van der Waals surface area contributed by atoms with Crippen molar-refractivity contribution in [3.05, 3.63) is 34.3 Å². The van der Waals surface area contributed by atoms with E-state index in [1.807, 2.05) is 23.0 Å². The number of thiophene rings is 1. The van der Waals surface area contributed by atoms with Crippen LogP contribution in [0.1, 0.15) is 79.8 Å². The van der Waals surface area contributed by atoms with Gasteiger partial charge in [0.1, 0.15) is 0 Å². The zero-order valence-corrected chi connectivity index (χ0v) is 15.7. The number of aromatic nitrogens is 3. The Kier molecular flexibility index (Phi) is 4.90. The van der Waals surface area contributed by atoms with Gasteiger partial charge < -0.3 is 0 Å². The molecule has 26 heavy (non-hydrogen) atoms. The van der Waals surface area contributed by atoms with Crippen LogP contribution in [-0.2, 0) is 5.54 Å². The lowest BCUT2D eigenvalue weighted by Gasteiger charge is -2.25. The van der Waals surface area contributed by atoms with Crippen LogP contribution in [0.15, 0.2) is 23.0 Å². The average Bonchev–Trinajstić information content (AvgIpc) is 3.08. The Balaban J connectivity index is 1.53. The van der Waals surface area contributed by atoms with Crippen LogP contribution in [0.3, 0.4) is 0 Å². The van der Waals surface area contributed by atoms with Crippen LogP contribution in [0.25, 0.3) is 0 Å². The van der Waals surface area contributed by atoms with Crippen LogP contribution in [0.2, 0.25) is 0 Å². The monoisotopic (exact) mass is 368 g/mol. The summed E-state index contributed by atoms with van der Waals surface area (Å²) >= 11 is 1.56. The summed E-state index contributed by atoms with van der Waals surface area (Å²) in [5.74, 6) is 0.941. The molecule has 2 fully saturated rings. The van der Waals surface area contributed by atoms with E-state index in [0.29, 0.717) is 12.3 Å². The molecule has 136 valence electrons. The fourth-order valence-corrected chi connectivity index (χ4v) is 4.74. The molecule has 2 aromatic rings. The lowest BCUT2D eigenvalue weighted by molar-refractivity contribution is 0.0968. The number of carbonyl (C=O) groups is 1. The van der Waals surface area contributed by atoms with Crippen molar-refractivity contribution in [1.82, 2.24) is 15.0 Å². The number of ketones is 1. The van der Waals surface area contributed by atoms with Crippen LogP contribution < -0.4 is 0 Å². The van der Waals surface area contributed by atoms with Crippen molar-refractivity contribution in [2.75, 3.05) is 0 Å². The van der Waals surface area contributed by atoms with Crippen LogP contribution >= 0.6 is 11.3 Å². The van der Waals surface area contributed by atoms with Gasteiger partial charge in [0.05, 0.1) is 18.0 Å². The van der Waals surface area contributed by atoms with E-state index in [-0.39, 0.29) is 11.7 Å². The van der Waals surface area contributed by atoms with Gasteiger partial charge in [-0.2, -0.15) is 16.6 Å². The molecule has 0 radical (unpaired) electrons. The highest BCUT2D eigenvalue weighted by Gasteiger charge is 2.46. The van der Waals surface area contributed by atoms with Crippen molar-refractivity contribution in [2.45, 2.75) is 69.2 Å². The Labute approximate surface area is 158 Å². The van der Waals surface area contributed by atoms with Gasteiger partial charge in [-0.15, -0.1) is 5.10 Å². The second kappa shape index (κ2) is 7.32. The molecular formula is C20H24N4OS. The van der Waals surface area contributed by atoms with E-state index in [4.69, 9.17) is 0 Å². The van der Waals surface area contributed by atoms with E-state index in [0.717, 1.165) is 30.5 Å². The van der Waals surface area contributed by atoms with Crippen molar-refractivity contribution < 1.29 is 4.79 Å². The maximum Gasteiger partial charge on any atom is 0.164 e. The van der Waals surface area contributed by atoms with E-state index in [1.54, 1.807) is 16.0 Å². The van der Waals surface area contributed by atoms with Gasteiger partial charge in [-0.1, -0.05) is 37.3 Å². The summed E-state index contributed by atoms with van der Waals surface area (Å²) in [7, 11) is 0. The average molecular weight is 369 g/mol. The molecule has 0 saturated heterocycles. The molecular weight excluding hydrogens is 344 g/mol. The third-order valence-corrected chi connectivity index (χ3v) is 6.60. The Morgan fingerprint density at radius 2 is 2.19 bits per heavy atom. The molecule has 0 spiro atoms. The minimum Gasteiger partial charge on any atom is -0.294 e. The Hall–Kier alpha value is -2.00. The van der Waals surface area contributed by atoms with Crippen molar-refractivity contribution in [1.29, 1.82) is 5.26 Å². The molecule has 0 aromatic carbocycles. The summed E-state index contributed by atoms with van der Waals surface area (Å²) in [5.41, 5.74) is 1.19. The number of carbonyl (C=O) groups excluding carboxylic acids is 1. The molecule has 5 nitrogen and oxygen atoms in total. The molecule has 0 unspecified atom stereocenters. The van der Waals surface area contributed by atoms with Gasteiger partial charge in [0.15, 0.2) is 11.3 Å². The first-order chi connectivity index (χ1) is 12.7. The summed E-state index contributed by atoms with van der Waals surface area (Å²) in [4.78, 5) is 12.7. The maximum absolute atomic E-state index is 12.7. The number of Topliss-reactive ketones (excluding diaryl/α,β-unsaturated/α-hetero) is 1. The van der Waals surface area contributed by atoms with Gasteiger partial charge in [0.25, 0.3) is 0 Å². The molecule has 2 aliphatic carbocycles. The molecule has 2 aromatic heterocycles. The highest BCUT2D eigenvalue weighted by Crippen LogP contribution is 2.43. The van der Waals surface area contributed by atoms with Crippen LogP contribution in [0.5, 0.6) is 0 Å². The molecule has 4 rings (SSSR count). The normalized spacial score (nSPS) is 20.4. The molecule has 1 atom stereocenters. The number of rotatable bonds is 7. The topological polar surface area (TPSA) is 71.6 Å². The highest BCUT2D eigenvalue weighted by molar-refractivity contribution is 7.08. The van der Waals surface area contributed by atoms with Crippen LogP contribution in [-0.4, -0.2) is 20.8 Å². The fraction of sp³-hybridized carbons (Fsp3) is 0.600. The Bertz CT molecular complexity index is 794. The largest absolute Gasteiger partial charge is 0.294 e. The summed E-state index contributed by atoms with van der Waals surface area (Å²) in [6.45, 7) is 0.